The number of halogens is 1. The van der Waals surface area contributed by atoms with E-state index < -0.39 is 0 Å². The van der Waals surface area contributed by atoms with Crippen molar-refractivity contribution in [3.8, 4) is 11.3 Å². The fourth-order valence-corrected chi connectivity index (χ4v) is 2.12. The Hall–Kier alpha value is -2.09. The molecule has 1 nitrogen and oxygen atoms in total. The van der Waals surface area contributed by atoms with Crippen molar-refractivity contribution in [2.75, 3.05) is 0 Å². The number of aromatic nitrogens is 1. The number of fused-ring (bicyclic) bond motifs is 1. The molecule has 17 heavy (non-hydrogen) atoms. The smallest absolute Gasteiger partial charge is 0.123 e. The van der Waals surface area contributed by atoms with Gasteiger partial charge in [0, 0.05) is 16.6 Å². The summed E-state index contributed by atoms with van der Waals surface area (Å²) in [5.74, 6) is -0.212. The van der Waals surface area contributed by atoms with Crippen LogP contribution in [0.4, 0.5) is 4.39 Å². The zero-order valence-corrected chi connectivity index (χ0v) is 9.42. The molecule has 2 heteroatoms. The van der Waals surface area contributed by atoms with Gasteiger partial charge in [-0.05, 0) is 60.5 Å². The highest BCUT2D eigenvalue weighted by Gasteiger charge is 2.08. The zero-order chi connectivity index (χ0) is 11.8. The molecule has 1 radical (unpaired) electrons. The van der Waals surface area contributed by atoms with Crippen molar-refractivity contribution in [2.24, 2.45) is 0 Å². The minimum absolute atomic E-state index is 0.212. The molecule has 1 heterocycles. The Morgan fingerprint density at radius 2 is 1.88 bits per heavy atom. The maximum atomic E-state index is 12.9. The number of benzene rings is 2. The summed E-state index contributed by atoms with van der Waals surface area (Å²) >= 11 is 0. The molecule has 0 aliphatic carbocycles. The van der Waals surface area contributed by atoms with E-state index in [9.17, 15) is 4.39 Å². The Kier molecular flexibility index (Phi) is 2.22. The minimum atomic E-state index is -0.212. The second-order valence-electron chi connectivity index (χ2n) is 4.10. The van der Waals surface area contributed by atoms with E-state index in [2.05, 4.69) is 18.0 Å². The van der Waals surface area contributed by atoms with Gasteiger partial charge in [-0.25, -0.2) is 4.39 Å². The molecule has 1 N–H and O–H groups in total. The summed E-state index contributed by atoms with van der Waals surface area (Å²) in [6, 6.07) is 15.4. The highest BCUT2D eigenvalue weighted by atomic mass is 19.1. The van der Waals surface area contributed by atoms with Crippen molar-refractivity contribution in [3.63, 3.8) is 0 Å². The van der Waals surface area contributed by atoms with Crippen molar-refractivity contribution in [1.82, 2.24) is 4.98 Å². The van der Waals surface area contributed by atoms with Crippen molar-refractivity contribution >= 4 is 10.9 Å². The molecule has 0 atom stereocenters. The van der Waals surface area contributed by atoms with Gasteiger partial charge in [-0.15, -0.1) is 0 Å². The first-order valence-electron chi connectivity index (χ1n) is 5.50. The Balaban J connectivity index is 2.24. The van der Waals surface area contributed by atoms with Crippen LogP contribution in [-0.2, 0) is 0 Å². The average Bonchev–Trinajstić information content (AvgIpc) is 2.69. The van der Waals surface area contributed by atoms with Crippen LogP contribution in [0.3, 0.4) is 0 Å². The monoisotopic (exact) mass is 224 g/mol. The van der Waals surface area contributed by atoms with Crippen molar-refractivity contribution in [2.45, 2.75) is 6.92 Å². The molecule has 0 fully saturated rings. The second kappa shape index (κ2) is 3.74. The SMILES string of the molecule is Cc1c(-c2ccc(F)cc2)[nH]c2cc[c]cc12. The van der Waals surface area contributed by atoms with Crippen LogP contribution >= 0.6 is 0 Å². The van der Waals surface area contributed by atoms with Gasteiger partial charge in [0.25, 0.3) is 0 Å². The predicted molar refractivity (Wildman–Crippen MR) is 67.3 cm³/mol. The molecular weight excluding hydrogens is 213 g/mol. The molecule has 0 saturated heterocycles. The number of H-pyrrole nitrogens is 1. The highest BCUT2D eigenvalue weighted by molar-refractivity contribution is 5.90. The molecular formula is C15H11FN. The van der Waals surface area contributed by atoms with E-state index in [-0.39, 0.29) is 5.82 Å². The van der Waals surface area contributed by atoms with E-state index in [1.807, 2.05) is 18.2 Å². The summed E-state index contributed by atoms with van der Waals surface area (Å²) in [6.45, 7) is 2.06. The summed E-state index contributed by atoms with van der Waals surface area (Å²) in [7, 11) is 0. The van der Waals surface area contributed by atoms with Crippen LogP contribution in [0.25, 0.3) is 22.2 Å². The summed E-state index contributed by atoms with van der Waals surface area (Å²) in [6.07, 6.45) is 0. The zero-order valence-electron chi connectivity index (χ0n) is 9.42. The molecule has 0 amide bonds. The third kappa shape index (κ3) is 1.62. The van der Waals surface area contributed by atoms with Crippen LogP contribution in [0.15, 0.2) is 42.5 Å². The van der Waals surface area contributed by atoms with Gasteiger partial charge in [0.1, 0.15) is 5.82 Å². The van der Waals surface area contributed by atoms with E-state index in [1.165, 1.54) is 17.7 Å². The van der Waals surface area contributed by atoms with Crippen LogP contribution in [0.5, 0.6) is 0 Å². The first-order valence-corrected chi connectivity index (χ1v) is 5.50. The Labute approximate surface area is 98.9 Å². The van der Waals surface area contributed by atoms with E-state index in [4.69, 9.17) is 0 Å². The number of aryl methyl sites for hydroxylation is 1. The molecule has 0 bridgehead atoms. The lowest BCUT2D eigenvalue weighted by Crippen LogP contribution is -1.81. The third-order valence-electron chi connectivity index (χ3n) is 3.04. The van der Waals surface area contributed by atoms with Crippen LogP contribution in [0.2, 0.25) is 0 Å². The molecule has 0 aliphatic rings. The van der Waals surface area contributed by atoms with Crippen LogP contribution in [0.1, 0.15) is 5.56 Å². The quantitative estimate of drug-likeness (QED) is 0.641. The van der Waals surface area contributed by atoms with Crippen LogP contribution < -0.4 is 0 Å². The van der Waals surface area contributed by atoms with Gasteiger partial charge >= 0.3 is 0 Å². The van der Waals surface area contributed by atoms with E-state index in [1.54, 1.807) is 12.1 Å². The van der Waals surface area contributed by atoms with Gasteiger partial charge in [0.2, 0.25) is 0 Å². The molecule has 83 valence electrons. The first-order chi connectivity index (χ1) is 8.25. The molecule has 3 aromatic rings. The molecule has 0 spiro atoms. The highest BCUT2D eigenvalue weighted by Crippen LogP contribution is 2.29. The number of rotatable bonds is 1. The topological polar surface area (TPSA) is 15.8 Å². The Morgan fingerprint density at radius 3 is 2.59 bits per heavy atom. The number of nitrogens with one attached hydrogen (secondary N) is 1. The van der Waals surface area contributed by atoms with Gasteiger partial charge in [-0.2, -0.15) is 0 Å². The molecule has 0 unspecified atom stereocenters. The first kappa shape index (κ1) is 10.1. The fraction of sp³-hybridized carbons (Fsp3) is 0.0667. The molecule has 2 aromatic carbocycles. The standard InChI is InChI=1S/C15H11FN/c1-10-13-4-2-3-5-14(13)17-15(10)11-6-8-12(16)9-7-11/h3-9,17H,1H3. The number of aromatic amines is 1. The minimum Gasteiger partial charge on any atom is -0.354 e. The largest absolute Gasteiger partial charge is 0.354 e. The van der Waals surface area contributed by atoms with E-state index in [0.717, 1.165) is 22.2 Å². The van der Waals surface area contributed by atoms with Crippen molar-refractivity contribution in [3.05, 3.63) is 59.9 Å². The second-order valence-corrected chi connectivity index (χ2v) is 4.10. The lowest BCUT2D eigenvalue weighted by Gasteiger charge is -1.99. The van der Waals surface area contributed by atoms with E-state index >= 15 is 0 Å². The maximum absolute atomic E-state index is 12.9. The van der Waals surface area contributed by atoms with Crippen LogP contribution in [-0.4, -0.2) is 4.98 Å². The van der Waals surface area contributed by atoms with Gasteiger partial charge in [0.15, 0.2) is 0 Å². The number of hydrogen-bond donors (Lipinski definition) is 1. The van der Waals surface area contributed by atoms with Gasteiger partial charge in [0.05, 0.1) is 0 Å². The maximum Gasteiger partial charge on any atom is 0.123 e. The average molecular weight is 224 g/mol. The molecule has 0 aliphatic heterocycles. The summed E-state index contributed by atoms with van der Waals surface area (Å²) in [5, 5.41) is 1.16. The lowest BCUT2D eigenvalue weighted by atomic mass is 10.1. The number of hydrogen-bond acceptors (Lipinski definition) is 0. The van der Waals surface area contributed by atoms with Crippen LogP contribution in [0, 0.1) is 18.8 Å². The van der Waals surface area contributed by atoms with Gasteiger partial charge in [-0.3, -0.25) is 0 Å². The van der Waals surface area contributed by atoms with Gasteiger partial charge < -0.3 is 4.98 Å². The molecule has 3 rings (SSSR count). The summed E-state index contributed by atoms with van der Waals surface area (Å²) in [5.41, 5.74) is 4.30. The van der Waals surface area contributed by atoms with E-state index in [0.29, 0.717) is 0 Å². The molecule has 0 saturated carbocycles. The molecule has 1 aromatic heterocycles. The summed E-state index contributed by atoms with van der Waals surface area (Å²) in [4.78, 5) is 3.36. The Bertz CT molecular complexity index is 665. The Morgan fingerprint density at radius 1 is 1.12 bits per heavy atom. The third-order valence-corrected chi connectivity index (χ3v) is 3.04. The normalized spacial score (nSPS) is 10.9. The predicted octanol–water partition coefficient (Wildman–Crippen LogP) is 4.08. The summed E-state index contributed by atoms with van der Waals surface area (Å²) < 4.78 is 12.9. The lowest BCUT2D eigenvalue weighted by molar-refractivity contribution is 0.628. The fourth-order valence-electron chi connectivity index (χ4n) is 2.12. The van der Waals surface area contributed by atoms with Crippen molar-refractivity contribution < 1.29 is 4.39 Å². The van der Waals surface area contributed by atoms with Gasteiger partial charge in [-0.1, -0.05) is 6.07 Å². The van der Waals surface area contributed by atoms with Crippen molar-refractivity contribution in [1.29, 1.82) is 0 Å².